The fourth-order valence-corrected chi connectivity index (χ4v) is 6.54. The molecule has 1 aliphatic carbocycles. The number of pyridine rings is 1. The van der Waals surface area contributed by atoms with E-state index in [1.165, 1.54) is 20.0 Å². The Balaban J connectivity index is 1.32. The van der Waals surface area contributed by atoms with Gasteiger partial charge in [0, 0.05) is 29.2 Å². The number of nitrogens with zero attached hydrogens (tertiary/aromatic N) is 4. The molecule has 0 radical (unpaired) electrons. The van der Waals surface area contributed by atoms with E-state index in [2.05, 4.69) is 38.9 Å². The Morgan fingerprint density at radius 2 is 1.80 bits per heavy atom. The number of aromatic nitrogens is 3. The third kappa shape index (κ3) is 6.03. The zero-order chi connectivity index (χ0) is 28.3. The van der Waals surface area contributed by atoms with Crippen molar-refractivity contribution < 1.29 is 13.2 Å². The lowest BCUT2D eigenvalue weighted by Crippen LogP contribution is -2.38. The number of ether oxygens (including phenoxy) is 1. The van der Waals surface area contributed by atoms with Crippen LogP contribution in [0.15, 0.2) is 65.7 Å². The molecule has 10 heteroatoms. The van der Waals surface area contributed by atoms with Crippen LogP contribution in [-0.2, 0) is 10.0 Å². The van der Waals surface area contributed by atoms with E-state index < -0.39 is 10.0 Å². The van der Waals surface area contributed by atoms with Crippen molar-refractivity contribution in [1.82, 2.24) is 19.9 Å². The molecule has 5 rings (SSSR count). The third-order valence-corrected chi connectivity index (χ3v) is 9.23. The Hall–Kier alpha value is -3.76. The SMILES string of the molecule is CCN(C)C1CCC(Nc2ncc3cc(-c4ccc(NS(=O)(=O)c5ccccc5C)nc4OC)ccc3n2)CC1. The maximum Gasteiger partial charge on any atom is 0.263 e. The molecule has 2 heterocycles. The molecule has 4 aromatic rings. The molecular formula is C30H36N6O3S. The molecule has 0 saturated heterocycles. The molecule has 1 aliphatic rings. The minimum Gasteiger partial charge on any atom is -0.480 e. The molecule has 40 heavy (non-hydrogen) atoms. The lowest BCUT2D eigenvalue weighted by atomic mass is 9.90. The summed E-state index contributed by atoms with van der Waals surface area (Å²) in [6, 6.07) is 17.2. The summed E-state index contributed by atoms with van der Waals surface area (Å²) in [7, 11) is -0.0741. The second-order valence-corrected chi connectivity index (χ2v) is 12.0. The Bertz CT molecular complexity index is 1600. The van der Waals surface area contributed by atoms with Gasteiger partial charge in [-0.1, -0.05) is 31.2 Å². The molecule has 2 aromatic heterocycles. The molecule has 0 bridgehead atoms. The zero-order valence-corrected chi connectivity index (χ0v) is 24.2. The molecule has 0 atom stereocenters. The first-order chi connectivity index (χ1) is 19.3. The quantitative estimate of drug-likeness (QED) is 0.277. The number of hydrogen-bond acceptors (Lipinski definition) is 8. The standard InChI is InChI=1S/C30H36N6O3S/c1-5-36(3)24-13-11-23(12-14-24)32-30-31-19-22-18-21(10-16-26(22)33-30)25-15-17-28(34-29(25)39-4)35-40(37,38)27-9-7-6-8-20(27)2/h6-10,15-19,23-24H,5,11-14H2,1-4H3,(H,34,35)(H,31,32,33). The number of methoxy groups -OCH3 is 1. The highest BCUT2D eigenvalue weighted by molar-refractivity contribution is 7.92. The summed E-state index contributed by atoms with van der Waals surface area (Å²) in [5.74, 6) is 1.14. The fourth-order valence-electron chi connectivity index (χ4n) is 5.30. The zero-order valence-electron chi connectivity index (χ0n) is 23.4. The van der Waals surface area contributed by atoms with E-state index in [0.717, 1.165) is 41.4 Å². The van der Waals surface area contributed by atoms with Crippen molar-refractivity contribution in [2.75, 3.05) is 30.7 Å². The maximum atomic E-state index is 12.9. The summed E-state index contributed by atoms with van der Waals surface area (Å²) in [6.07, 6.45) is 6.41. The number of hydrogen-bond donors (Lipinski definition) is 2. The second-order valence-electron chi connectivity index (χ2n) is 10.3. The number of rotatable bonds is 9. The van der Waals surface area contributed by atoms with Crippen LogP contribution in [0.1, 0.15) is 38.2 Å². The Kier molecular flexibility index (Phi) is 8.18. The third-order valence-electron chi connectivity index (χ3n) is 7.72. The van der Waals surface area contributed by atoms with Crippen molar-refractivity contribution in [3.63, 3.8) is 0 Å². The van der Waals surface area contributed by atoms with Gasteiger partial charge in [-0.2, -0.15) is 4.98 Å². The first-order valence-electron chi connectivity index (χ1n) is 13.6. The van der Waals surface area contributed by atoms with Crippen LogP contribution < -0.4 is 14.8 Å². The Morgan fingerprint density at radius 3 is 2.52 bits per heavy atom. The number of fused-ring (bicyclic) bond motifs is 1. The van der Waals surface area contributed by atoms with E-state index >= 15 is 0 Å². The topological polar surface area (TPSA) is 109 Å². The molecule has 0 spiro atoms. The van der Waals surface area contributed by atoms with E-state index in [4.69, 9.17) is 9.72 Å². The van der Waals surface area contributed by atoms with Crippen LogP contribution in [0.25, 0.3) is 22.0 Å². The molecule has 2 aromatic carbocycles. The highest BCUT2D eigenvalue weighted by Gasteiger charge is 2.24. The summed E-state index contributed by atoms with van der Waals surface area (Å²) in [5.41, 5.74) is 3.10. The molecular weight excluding hydrogens is 524 g/mol. The van der Waals surface area contributed by atoms with Gasteiger partial charge in [-0.3, -0.25) is 4.72 Å². The van der Waals surface area contributed by atoms with Crippen molar-refractivity contribution in [3.05, 3.63) is 66.4 Å². The predicted molar refractivity (Wildman–Crippen MR) is 159 cm³/mol. The van der Waals surface area contributed by atoms with Gasteiger partial charge in [-0.05, 0) is 87.7 Å². The lowest BCUT2D eigenvalue weighted by Gasteiger charge is -2.34. The highest BCUT2D eigenvalue weighted by atomic mass is 32.2. The van der Waals surface area contributed by atoms with Crippen molar-refractivity contribution in [2.45, 2.75) is 56.5 Å². The van der Waals surface area contributed by atoms with Gasteiger partial charge in [0.15, 0.2) is 0 Å². The summed E-state index contributed by atoms with van der Waals surface area (Å²) in [6.45, 7) is 5.04. The Morgan fingerprint density at radius 1 is 1.02 bits per heavy atom. The molecule has 0 amide bonds. The fraction of sp³-hybridized carbons (Fsp3) is 0.367. The van der Waals surface area contributed by atoms with Crippen molar-refractivity contribution >= 4 is 32.7 Å². The van der Waals surface area contributed by atoms with Crippen LogP contribution in [0.5, 0.6) is 5.88 Å². The summed E-state index contributed by atoms with van der Waals surface area (Å²) in [4.78, 5) is 16.4. The molecule has 210 valence electrons. The van der Waals surface area contributed by atoms with Gasteiger partial charge in [0.05, 0.1) is 17.5 Å². The van der Waals surface area contributed by atoms with Crippen molar-refractivity contribution in [2.24, 2.45) is 0 Å². The molecule has 2 N–H and O–H groups in total. The van der Waals surface area contributed by atoms with Crippen LogP contribution >= 0.6 is 0 Å². The lowest BCUT2D eigenvalue weighted by molar-refractivity contribution is 0.194. The maximum absolute atomic E-state index is 12.9. The van der Waals surface area contributed by atoms with Gasteiger partial charge in [-0.25, -0.2) is 18.4 Å². The van der Waals surface area contributed by atoms with Gasteiger partial charge in [-0.15, -0.1) is 0 Å². The first kappa shape index (κ1) is 27.8. The summed E-state index contributed by atoms with van der Waals surface area (Å²) in [5, 5.41) is 4.42. The minimum absolute atomic E-state index is 0.180. The molecule has 9 nitrogen and oxygen atoms in total. The van der Waals surface area contributed by atoms with E-state index in [1.807, 2.05) is 24.4 Å². The van der Waals surface area contributed by atoms with Gasteiger partial charge < -0.3 is 15.0 Å². The minimum atomic E-state index is -3.79. The van der Waals surface area contributed by atoms with Crippen LogP contribution in [0.3, 0.4) is 0 Å². The van der Waals surface area contributed by atoms with Crippen LogP contribution in [0.4, 0.5) is 11.8 Å². The molecule has 0 unspecified atom stereocenters. The average molecular weight is 561 g/mol. The van der Waals surface area contributed by atoms with Gasteiger partial charge in [0.2, 0.25) is 11.8 Å². The predicted octanol–water partition coefficient (Wildman–Crippen LogP) is 5.48. The Labute approximate surface area is 236 Å². The largest absolute Gasteiger partial charge is 0.480 e. The smallest absolute Gasteiger partial charge is 0.263 e. The van der Waals surface area contributed by atoms with Crippen molar-refractivity contribution in [1.29, 1.82) is 0 Å². The van der Waals surface area contributed by atoms with E-state index in [0.29, 0.717) is 29.5 Å². The van der Waals surface area contributed by atoms with Crippen LogP contribution in [0, 0.1) is 6.92 Å². The van der Waals surface area contributed by atoms with E-state index in [9.17, 15) is 8.42 Å². The summed E-state index contributed by atoms with van der Waals surface area (Å²) < 4.78 is 33.9. The monoisotopic (exact) mass is 560 g/mol. The number of aryl methyl sites for hydroxylation is 1. The number of sulfonamides is 1. The average Bonchev–Trinajstić information content (AvgIpc) is 2.96. The van der Waals surface area contributed by atoms with E-state index in [1.54, 1.807) is 43.3 Å². The van der Waals surface area contributed by atoms with Crippen LogP contribution in [0.2, 0.25) is 0 Å². The van der Waals surface area contributed by atoms with Gasteiger partial charge in [0.25, 0.3) is 10.0 Å². The van der Waals surface area contributed by atoms with Crippen LogP contribution in [-0.4, -0.2) is 61.1 Å². The molecule has 1 saturated carbocycles. The second kappa shape index (κ2) is 11.8. The van der Waals surface area contributed by atoms with Gasteiger partial charge >= 0.3 is 0 Å². The number of benzene rings is 2. The number of nitrogens with one attached hydrogen (secondary N) is 2. The first-order valence-corrected chi connectivity index (χ1v) is 15.1. The molecule has 0 aliphatic heterocycles. The van der Waals surface area contributed by atoms with Gasteiger partial charge in [0.1, 0.15) is 5.82 Å². The highest BCUT2D eigenvalue weighted by Crippen LogP contribution is 2.32. The molecule has 1 fully saturated rings. The summed E-state index contributed by atoms with van der Waals surface area (Å²) >= 11 is 0. The van der Waals surface area contributed by atoms with E-state index in [-0.39, 0.29) is 10.7 Å². The number of anilines is 2. The normalized spacial score (nSPS) is 17.6. The van der Waals surface area contributed by atoms with Crippen molar-refractivity contribution in [3.8, 4) is 17.0 Å².